The number of rotatable bonds is 11. The number of unbranched alkanes of at least 4 members (excludes halogenated alkanes) is 2. The number of carbonyl (C=O) groups excluding carboxylic acids is 1. The van der Waals surface area contributed by atoms with E-state index in [2.05, 4.69) is 4.98 Å². The molecule has 0 fully saturated rings. The molecule has 2 aromatic rings. The van der Waals surface area contributed by atoms with E-state index >= 15 is 0 Å². The van der Waals surface area contributed by atoms with Gasteiger partial charge in [-0.1, -0.05) is 0 Å². The van der Waals surface area contributed by atoms with Crippen LogP contribution in [-0.4, -0.2) is 47.4 Å². The highest BCUT2D eigenvalue weighted by Gasteiger charge is 2.16. The monoisotopic (exact) mass is 380 g/mol. The van der Waals surface area contributed by atoms with Crippen LogP contribution in [0.15, 0.2) is 15.9 Å². The summed E-state index contributed by atoms with van der Waals surface area (Å²) in [5, 5.41) is 18.2. The van der Waals surface area contributed by atoms with Gasteiger partial charge in [-0.2, -0.15) is 0 Å². The summed E-state index contributed by atoms with van der Waals surface area (Å²) in [5.41, 5.74) is -0.0535. The van der Waals surface area contributed by atoms with Gasteiger partial charge in [-0.25, -0.2) is 9.78 Å². The second kappa shape index (κ2) is 9.61. The molecule has 1 unspecified atom stereocenters. The van der Waals surface area contributed by atoms with E-state index in [1.807, 2.05) is 0 Å². The Labute approximate surface area is 156 Å². The lowest BCUT2D eigenvalue weighted by Crippen LogP contribution is -2.39. The van der Waals surface area contributed by atoms with E-state index in [-0.39, 0.29) is 24.5 Å². The molecule has 9 heteroatoms. The Hall–Kier alpha value is -2.26. The van der Waals surface area contributed by atoms with Gasteiger partial charge in [0, 0.05) is 26.6 Å². The molecule has 0 aliphatic carbocycles. The van der Waals surface area contributed by atoms with Crippen molar-refractivity contribution in [3.05, 3.63) is 27.2 Å². The molecule has 0 amide bonds. The number of aliphatic hydroxyl groups is 2. The molecule has 0 spiro atoms. The summed E-state index contributed by atoms with van der Waals surface area (Å²) in [6.45, 7) is 2.06. The molecular formula is C18H28N4O5. The van der Waals surface area contributed by atoms with E-state index in [1.54, 1.807) is 17.9 Å². The van der Waals surface area contributed by atoms with Crippen LogP contribution in [0.5, 0.6) is 0 Å². The summed E-state index contributed by atoms with van der Waals surface area (Å²) in [6, 6.07) is 0. The molecular weight excluding hydrogens is 352 g/mol. The van der Waals surface area contributed by atoms with Gasteiger partial charge in [-0.05, 0) is 39.0 Å². The molecule has 2 rings (SSSR count). The average molecular weight is 380 g/mol. The zero-order chi connectivity index (χ0) is 20.0. The quantitative estimate of drug-likeness (QED) is 0.537. The largest absolute Gasteiger partial charge is 0.394 e. The number of carbonyl (C=O) groups is 1. The first-order valence-electron chi connectivity index (χ1n) is 9.29. The number of nitrogens with zero attached hydrogens (tertiary/aromatic N) is 4. The van der Waals surface area contributed by atoms with E-state index < -0.39 is 11.8 Å². The maximum Gasteiger partial charge on any atom is 0.332 e. The molecule has 2 aromatic heterocycles. The highest BCUT2D eigenvalue weighted by atomic mass is 16.3. The van der Waals surface area contributed by atoms with Gasteiger partial charge >= 0.3 is 5.69 Å². The van der Waals surface area contributed by atoms with Crippen molar-refractivity contribution < 1.29 is 15.0 Å². The van der Waals surface area contributed by atoms with E-state index in [0.717, 1.165) is 0 Å². The Morgan fingerprint density at radius 2 is 1.89 bits per heavy atom. The van der Waals surface area contributed by atoms with Gasteiger partial charge in [0.05, 0.1) is 19.0 Å². The van der Waals surface area contributed by atoms with Gasteiger partial charge in [0.1, 0.15) is 5.78 Å². The van der Waals surface area contributed by atoms with E-state index in [4.69, 9.17) is 5.11 Å². The van der Waals surface area contributed by atoms with Crippen LogP contribution >= 0.6 is 0 Å². The van der Waals surface area contributed by atoms with Crippen molar-refractivity contribution in [2.24, 2.45) is 7.05 Å². The molecule has 0 aromatic carbocycles. The lowest BCUT2D eigenvalue weighted by Gasteiger charge is -2.10. The summed E-state index contributed by atoms with van der Waals surface area (Å²) in [4.78, 5) is 40.6. The van der Waals surface area contributed by atoms with Gasteiger partial charge in [-0.15, -0.1) is 0 Å². The highest BCUT2D eigenvalue weighted by molar-refractivity contribution is 5.75. The molecule has 9 nitrogen and oxygen atoms in total. The van der Waals surface area contributed by atoms with Crippen LogP contribution in [0.4, 0.5) is 0 Å². The minimum atomic E-state index is -0.724. The van der Waals surface area contributed by atoms with Crippen molar-refractivity contribution in [1.82, 2.24) is 18.7 Å². The molecule has 2 heterocycles. The van der Waals surface area contributed by atoms with E-state index in [0.29, 0.717) is 56.2 Å². The SMILES string of the molecule is CC(=O)CCCCn1c(=O)c2c(ncn2CCCCC(O)CO)n(C)c1=O. The summed E-state index contributed by atoms with van der Waals surface area (Å²) in [5.74, 6) is 0.0927. The Kier molecular flexibility index (Phi) is 7.49. The number of hydrogen-bond acceptors (Lipinski definition) is 6. The number of Topliss-reactive ketones (excluding diaryl/α,β-unsaturated/α-hetero) is 1. The molecule has 0 radical (unpaired) electrons. The number of imidazole rings is 1. The number of aromatic nitrogens is 4. The molecule has 0 aliphatic heterocycles. The minimum absolute atomic E-state index is 0.0927. The van der Waals surface area contributed by atoms with Crippen LogP contribution in [-0.2, 0) is 24.9 Å². The van der Waals surface area contributed by atoms with Crippen LogP contribution < -0.4 is 11.2 Å². The number of ketones is 1. The van der Waals surface area contributed by atoms with Crippen molar-refractivity contribution in [2.75, 3.05) is 6.61 Å². The number of fused-ring (bicyclic) bond motifs is 1. The van der Waals surface area contributed by atoms with Gasteiger partial charge < -0.3 is 19.6 Å². The fourth-order valence-electron chi connectivity index (χ4n) is 3.09. The second-order valence-corrected chi connectivity index (χ2v) is 6.90. The van der Waals surface area contributed by atoms with Crippen molar-refractivity contribution in [2.45, 2.75) is 64.6 Å². The Morgan fingerprint density at radius 3 is 2.56 bits per heavy atom. The van der Waals surface area contributed by atoms with Crippen molar-refractivity contribution >= 4 is 16.9 Å². The normalized spacial score (nSPS) is 12.6. The first-order chi connectivity index (χ1) is 12.9. The minimum Gasteiger partial charge on any atom is -0.394 e. The molecule has 2 N–H and O–H groups in total. The predicted octanol–water partition coefficient (Wildman–Crippen LogP) is 0.180. The third-order valence-corrected chi connectivity index (χ3v) is 4.66. The van der Waals surface area contributed by atoms with Gasteiger partial charge in [0.25, 0.3) is 5.56 Å². The number of hydrogen-bond donors (Lipinski definition) is 2. The molecule has 27 heavy (non-hydrogen) atoms. The van der Waals surface area contributed by atoms with Gasteiger partial charge in [0.15, 0.2) is 11.2 Å². The fourth-order valence-corrected chi connectivity index (χ4v) is 3.09. The molecule has 150 valence electrons. The third-order valence-electron chi connectivity index (χ3n) is 4.66. The zero-order valence-electron chi connectivity index (χ0n) is 15.9. The number of aliphatic hydroxyl groups excluding tert-OH is 2. The average Bonchev–Trinajstić information content (AvgIpc) is 3.06. The Bertz CT molecular complexity index is 896. The molecule has 0 bridgehead atoms. The van der Waals surface area contributed by atoms with Crippen LogP contribution in [0.2, 0.25) is 0 Å². The lowest BCUT2D eigenvalue weighted by molar-refractivity contribution is -0.117. The van der Waals surface area contributed by atoms with E-state index in [9.17, 15) is 19.5 Å². The standard InChI is InChI=1S/C18H28N4O5/c1-13(24)7-3-6-10-22-17(26)15-16(20(2)18(22)27)19-12-21(15)9-5-4-8-14(25)11-23/h12,14,23,25H,3-11H2,1-2H3. The van der Waals surface area contributed by atoms with Crippen LogP contribution in [0.25, 0.3) is 11.2 Å². The molecule has 0 saturated carbocycles. The van der Waals surface area contributed by atoms with Crippen LogP contribution in [0.3, 0.4) is 0 Å². The smallest absolute Gasteiger partial charge is 0.332 e. The maximum absolute atomic E-state index is 12.8. The predicted molar refractivity (Wildman–Crippen MR) is 101 cm³/mol. The summed E-state index contributed by atoms with van der Waals surface area (Å²) in [7, 11) is 1.59. The van der Waals surface area contributed by atoms with Gasteiger partial charge in [0.2, 0.25) is 0 Å². The first kappa shape index (κ1) is 21.0. The molecule has 0 saturated heterocycles. The zero-order valence-corrected chi connectivity index (χ0v) is 15.9. The summed E-state index contributed by atoms with van der Waals surface area (Å²) >= 11 is 0. The molecule has 0 aliphatic rings. The topological polar surface area (TPSA) is 119 Å². The Morgan fingerprint density at radius 1 is 1.19 bits per heavy atom. The lowest BCUT2D eigenvalue weighted by atomic mass is 10.1. The van der Waals surface area contributed by atoms with Crippen molar-refractivity contribution in [3.8, 4) is 0 Å². The van der Waals surface area contributed by atoms with E-state index in [1.165, 1.54) is 16.1 Å². The fraction of sp³-hybridized carbons (Fsp3) is 0.667. The Balaban J connectivity index is 2.20. The van der Waals surface area contributed by atoms with Crippen LogP contribution in [0, 0.1) is 0 Å². The number of aryl methyl sites for hydroxylation is 2. The second-order valence-electron chi connectivity index (χ2n) is 6.90. The van der Waals surface area contributed by atoms with Gasteiger partial charge in [-0.3, -0.25) is 13.9 Å². The summed E-state index contributed by atoms with van der Waals surface area (Å²) in [6.07, 6.45) is 4.38. The third kappa shape index (κ3) is 5.14. The maximum atomic E-state index is 12.8. The van der Waals surface area contributed by atoms with Crippen molar-refractivity contribution in [1.29, 1.82) is 0 Å². The molecule has 1 atom stereocenters. The van der Waals surface area contributed by atoms with Crippen LogP contribution in [0.1, 0.15) is 45.4 Å². The highest BCUT2D eigenvalue weighted by Crippen LogP contribution is 2.09. The van der Waals surface area contributed by atoms with Crippen molar-refractivity contribution in [3.63, 3.8) is 0 Å². The first-order valence-corrected chi connectivity index (χ1v) is 9.29. The summed E-state index contributed by atoms with van der Waals surface area (Å²) < 4.78 is 4.30.